The number of ether oxygens (including phenoxy) is 2. The molecule has 0 aliphatic heterocycles. The Bertz CT molecular complexity index is 637. The van der Waals surface area contributed by atoms with Crippen molar-refractivity contribution in [2.45, 2.75) is 33.4 Å². The number of aryl methyl sites for hydroxylation is 1. The highest BCUT2D eigenvalue weighted by molar-refractivity contribution is 5.80. The van der Waals surface area contributed by atoms with Crippen molar-refractivity contribution in [3.63, 3.8) is 0 Å². The van der Waals surface area contributed by atoms with E-state index < -0.39 is 6.10 Å². The normalized spacial score (nSPS) is 12.1. The van der Waals surface area contributed by atoms with E-state index in [-0.39, 0.29) is 12.5 Å². The Labute approximate surface area is 142 Å². The minimum Gasteiger partial charge on any atom is -0.379 e. The van der Waals surface area contributed by atoms with Gasteiger partial charge in [0.2, 0.25) is 5.91 Å². The maximum absolute atomic E-state index is 12.0. The van der Waals surface area contributed by atoms with Crippen LogP contribution in [0.3, 0.4) is 0 Å². The van der Waals surface area contributed by atoms with E-state index in [2.05, 4.69) is 10.5 Å². The number of hydrogen-bond donors (Lipinski definition) is 1. The van der Waals surface area contributed by atoms with Gasteiger partial charge in [0.05, 0.1) is 19.8 Å². The first-order valence-corrected chi connectivity index (χ1v) is 8.10. The second kappa shape index (κ2) is 9.20. The van der Waals surface area contributed by atoms with Crippen LogP contribution in [0.5, 0.6) is 0 Å². The lowest BCUT2D eigenvalue weighted by molar-refractivity contribution is -0.132. The minimum atomic E-state index is -0.537. The van der Waals surface area contributed by atoms with E-state index in [9.17, 15) is 4.79 Å². The van der Waals surface area contributed by atoms with Crippen molar-refractivity contribution in [3.8, 4) is 11.3 Å². The van der Waals surface area contributed by atoms with Crippen LogP contribution in [-0.4, -0.2) is 37.0 Å². The van der Waals surface area contributed by atoms with Crippen LogP contribution in [0, 0.1) is 6.92 Å². The van der Waals surface area contributed by atoms with Crippen molar-refractivity contribution in [1.29, 1.82) is 0 Å². The summed E-state index contributed by atoms with van der Waals surface area (Å²) in [5, 5.41) is 6.81. The molecule has 6 nitrogen and oxygen atoms in total. The van der Waals surface area contributed by atoms with Gasteiger partial charge in [-0.2, -0.15) is 0 Å². The van der Waals surface area contributed by atoms with Gasteiger partial charge in [-0.25, -0.2) is 0 Å². The summed E-state index contributed by atoms with van der Waals surface area (Å²) in [6.45, 7) is 7.44. The number of nitrogens with zero attached hydrogens (tertiary/aromatic N) is 1. The quantitative estimate of drug-likeness (QED) is 0.715. The van der Waals surface area contributed by atoms with Gasteiger partial charge in [0.1, 0.15) is 11.8 Å². The van der Waals surface area contributed by atoms with Crippen molar-refractivity contribution < 1.29 is 18.8 Å². The summed E-state index contributed by atoms with van der Waals surface area (Å²) in [4.78, 5) is 12.0. The standard InChI is InChI=1S/C18H24N2O4/c1-4-22-9-10-23-14(3)18(21)19-12-16-11-17(20-24-16)15-7-5-13(2)6-8-15/h5-8,11,14H,4,9-10,12H2,1-3H3,(H,19,21)/t14-/m0/s1. The zero-order chi connectivity index (χ0) is 17.4. The zero-order valence-corrected chi connectivity index (χ0v) is 14.4. The molecule has 0 aliphatic carbocycles. The van der Waals surface area contributed by atoms with Gasteiger partial charge in [0.15, 0.2) is 5.76 Å². The lowest BCUT2D eigenvalue weighted by Gasteiger charge is -2.12. The Morgan fingerprint density at radius 2 is 2.04 bits per heavy atom. The van der Waals surface area contributed by atoms with Crippen molar-refractivity contribution in [1.82, 2.24) is 10.5 Å². The van der Waals surface area contributed by atoms with E-state index in [0.717, 1.165) is 11.3 Å². The van der Waals surface area contributed by atoms with Crippen molar-refractivity contribution in [2.24, 2.45) is 0 Å². The topological polar surface area (TPSA) is 73.6 Å². The highest BCUT2D eigenvalue weighted by atomic mass is 16.5. The first-order valence-electron chi connectivity index (χ1n) is 8.10. The smallest absolute Gasteiger partial charge is 0.249 e. The molecule has 1 N–H and O–H groups in total. The fourth-order valence-corrected chi connectivity index (χ4v) is 2.08. The van der Waals surface area contributed by atoms with Gasteiger partial charge in [-0.1, -0.05) is 35.0 Å². The second-order valence-corrected chi connectivity index (χ2v) is 5.47. The Morgan fingerprint density at radius 3 is 2.75 bits per heavy atom. The van der Waals surface area contributed by atoms with E-state index in [1.54, 1.807) is 6.92 Å². The molecule has 1 aromatic heterocycles. The lowest BCUT2D eigenvalue weighted by atomic mass is 10.1. The molecule has 0 aliphatic rings. The summed E-state index contributed by atoms with van der Waals surface area (Å²) in [5.74, 6) is 0.403. The summed E-state index contributed by atoms with van der Waals surface area (Å²) < 4.78 is 15.8. The molecule has 24 heavy (non-hydrogen) atoms. The SMILES string of the molecule is CCOCCO[C@@H](C)C(=O)NCc1cc(-c2ccc(C)cc2)no1. The molecule has 0 saturated heterocycles. The predicted molar refractivity (Wildman–Crippen MR) is 90.4 cm³/mol. The molecule has 1 amide bonds. The third kappa shape index (κ3) is 5.47. The predicted octanol–water partition coefficient (Wildman–Crippen LogP) is 2.71. The number of nitrogens with one attached hydrogen (secondary N) is 1. The maximum Gasteiger partial charge on any atom is 0.249 e. The summed E-state index contributed by atoms with van der Waals surface area (Å²) >= 11 is 0. The molecule has 1 heterocycles. The van der Waals surface area contributed by atoms with Gasteiger partial charge < -0.3 is 19.3 Å². The fourth-order valence-electron chi connectivity index (χ4n) is 2.08. The minimum absolute atomic E-state index is 0.195. The monoisotopic (exact) mass is 332 g/mol. The molecule has 0 spiro atoms. The van der Waals surface area contributed by atoms with Gasteiger partial charge in [-0.15, -0.1) is 0 Å². The van der Waals surface area contributed by atoms with Gasteiger partial charge in [-0.3, -0.25) is 4.79 Å². The van der Waals surface area contributed by atoms with E-state index in [1.165, 1.54) is 5.56 Å². The number of hydrogen-bond acceptors (Lipinski definition) is 5. The molecule has 0 bridgehead atoms. The van der Waals surface area contributed by atoms with E-state index in [1.807, 2.05) is 44.2 Å². The van der Waals surface area contributed by atoms with Crippen LogP contribution >= 0.6 is 0 Å². The number of carbonyl (C=O) groups is 1. The summed E-state index contributed by atoms with van der Waals surface area (Å²) in [6, 6.07) is 9.85. The van der Waals surface area contributed by atoms with E-state index in [0.29, 0.717) is 25.6 Å². The van der Waals surface area contributed by atoms with Gasteiger partial charge in [-0.05, 0) is 20.8 Å². The van der Waals surface area contributed by atoms with Gasteiger partial charge in [0, 0.05) is 18.2 Å². The first kappa shape index (κ1) is 18.2. The first-order chi connectivity index (χ1) is 11.6. The molecular formula is C18H24N2O4. The summed E-state index contributed by atoms with van der Waals surface area (Å²) in [6.07, 6.45) is -0.537. The number of aromatic nitrogens is 1. The van der Waals surface area contributed by atoms with Crippen LogP contribution in [0.4, 0.5) is 0 Å². The van der Waals surface area contributed by atoms with Crippen LogP contribution < -0.4 is 5.32 Å². The third-order valence-electron chi connectivity index (χ3n) is 3.51. The third-order valence-corrected chi connectivity index (χ3v) is 3.51. The lowest BCUT2D eigenvalue weighted by Crippen LogP contribution is -2.34. The zero-order valence-electron chi connectivity index (χ0n) is 14.4. The van der Waals surface area contributed by atoms with E-state index >= 15 is 0 Å². The number of rotatable bonds is 9. The maximum atomic E-state index is 12.0. The number of carbonyl (C=O) groups excluding carboxylic acids is 1. The molecule has 0 radical (unpaired) electrons. The molecule has 0 fully saturated rings. The Balaban J connectivity index is 1.80. The molecule has 2 rings (SSSR count). The number of benzene rings is 1. The Morgan fingerprint density at radius 1 is 1.29 bits per heavy atom. The average molecular weight is 332 g/mol. The highest BCUT2D eigenvalue weighted by Gasteiger charge is 2.14. The molecule has 6 heteroatoms. The molecular weight excluding hydrogens is 308 g/mol. The van der Waals surface area contributed by atoms with Crippen molar-refractivity contribution in [2.75, 3.05) is 19.8 Å². The van der Waals surface area contributed by atoms with Crippen LogP contribution in [-0.2, 0) is 20.8 Å². The second-order valence-electron chi connectivity index (χ2n) is 5.47. The summed E-state index contributed by atoms with van der Waals surface area (Å²) in [5.41, 5.74) is 2.92. The molecule has 130 valence electrons. The van der Waals surface area contributed by atoms with E-state index in [4.69, 9.17) is 14.0 Å². The molecule has 2 aromatic rings. The molecule has 1 aromatic carbocycles. The molecule has 0 unspecified atom stereocenters. The largest absolute Gasteiger partial charge is 0.379 e. The van der Waals surface area contributed by atoms with Crippen LogP contribution in [0.2, 0.25) is 0 Å². The van der Waals surface area contributed by atoms with Crippen LogP contribution in [0.25, 0.3) is 11.3 Å². The van der Waals surface area contributed by atoms with Gasteiger partial charge >= 0.3 is 0 Å². The molecule has 0 saturated carbocycles. The fraction of sp³-hybridized carbons (Fsp3) is 0.444. The van der Waals surface area contributed by atoms with Gasteiger partial charge in [0.25, 0.3) is 0 Å². The number of amides is 1. The van der Waals surface area contributed by atoms with Crippen molar-refractivity contribution in [3.05, 3.63) is 41.7 Å². The molecule has 1 atom stereocenters. The van der Waals surface area contributed by atoms with Crippen LogP contribution in [0.1, 0.15) is 25.2 Å². The Kier molecular flexibility index (Phi) is 6.96. The summed E-state index contributed by atoms with van der Waals surface area (Å²) in [7, 11) is 0. The van der Waals surface area contributed by atoms with Crippen LogP contribution in [0.15, 0.2) is 34.9 Å². The van der Waals surface area contributed by atoms with Crippen molar-refractivity contribution >= 4 is 5.91 Å². The Hall–Kier alpha value is -2.18. The highest BCUT2D eigenvalue weighted by Crippen LogP contribution is 2.19. The average Bonchev–Trinajstić information content (AvgIpc) is 3.06.